The molecule has 1 amide bonds. The van der Waals surface area contributed by atoms with Crippen LogP contribution in [-0.4, -0.2) is 33.7 Å². The van der Waals surface area contributed by atoms with Crippen molar-refractivity contribution >= 4 is 23.5 Å². The van der Waals surface area contributed by atoms with Crippen molar-refractivity contribution in [1.29, 1.82) is 0 Å². The first-order valence-corrected chi connectivity index (χ1v) is 4.67. The number of carboxylic acids is 1. The fourth-order valence-electron chi connectivity index (χ4n) is 1.36. The van der Waals surface area contributed by atoms with E-state index in [-0.39, 0.29) is 5.56 Å². The Bertz CT molecular complexity index is 590. The molecular weight excluding hydrogens is 226 g/mol. The molecule has 0 bridgehead atoms. The summed E-state index contributed by atoms with van der Waals surface area (Å²) >= 11 is 0. The lowest BCUT2D eigenvalue weighted by molar-refractivity contribution is 0.0696. The van der Waals surface area contributed by atoms with E-state index in [2.05, 4.69) is 15.0 Å². The van der Waals surface area contributed by atoms with Crippen LogP contribution in [0.4, 0.5) is 10.6 Å². The summed E-state index contributed by atoms with van der Waals surface area (Å²) in [5, 5.41) is 11.3. The molecule has 2 N–H and O–H groups in total. The van der Waals surface area contributed by atoms with Crippen LogP contribution in [-0.2, 0) is 4.74 Å². The van der Waals surface area contributed by atoms with Crippen molar-refractivity contribution in [3.05, 3.63) is 30.1 Å². The van der Waals surface area contributed by atoms with Crippen molar-refractivity contribution in [2.24, 2.45) is 0 Å². The number of amides is 1. The molecule has 0 spiro atoms. The Morgan fingerprint density at radius 2 is 2.24 bits per heavy atom. The number of carbonyl (C=O) groups excluding carboxylic acids is 1. The minimum atomic E-state index is -1.05. The van der Waals surface area contributed by atoms with Crippen LogP contribution >= 0.6 is 0 Å². The molecule has 7 heteroatoms. The Hall–Kier alpha value is -2.57. The summed E-state index contributed by atoms with van der Waals surface area (Å²) in [7, 11) is 1.24. The summed E-state index contributed by atoms with van der Waals surface area (Å²) in [6.07, 6.45) is 2.14. The summed E-state index contributed by atoms with van der Waals surface area (Å²) in [6.45, 7) is 0. The lowest BCUT2D eigenvalue weighted by Gasteiger charge is -2.03. The Kier molecular flexibility index (Phi) is 2.65. The third kappa shape index (κ3) is 2.03. The highest BCUT2D eigenvalue weighted by Crippen LogP contribution is 2.13. The van der Waals surface area contributed by atoms with Crippen LogP contribution < -0.4 is 5.32 Å². The summed E-state index contributed by atoms with van der Waals surface area (Å²) in [6, 6.07) is 2.98. The highest BCUT2D eigenvalue weighted by Gasteiger charge is 2.09. The number of rotatable bonds is 2. The third-order valence-corrected chi connectivity index (χ3v) is 2.17. The van der Waals surface area contributed by atoms with E-state index in [1.165, 1.54) is 30.0 Å². The average Bonchev–Trinajstić information content (AvgIpc) is 2.71. The highest BCUT2D eigenvalue weighted by molar-refractivity contribution is 5.88. The largest absolute Gasteiger partial charge is 0.478 e. The first-order chi connectivity index (χ1) is 8.11. The minimum absolute atomic E-state index is 0.100. The number of fused-ring (bicyclic) bond motifs is 1. The molecule has 0 unspecified atom stereocenters. The van der Waals surface area contributed by atoms with Crippen molar-refractivity contribution in [1.82, 2.24) is 9.38 Å². The normalized spacial score (nSPS) is 10.2. The number of hydrogen-bond acceptors (Lipinski definition) is 4. The standard InChI is InChI=1S/C10H9N3O4/c1-17-10(16)12-8-4-11-7-3-2-6(9(14)15)5-13(7)8/h2-5H,1H3,(H,12,16)(H,14,15). The molecule has 2 aromatic rings. The number of anilines is 1. The van der Waals surface area contributed by atoms with Gasteiger partial charge in [0, 0.05) is 6.20 Å². The van der Waals surface area contributed by atoms with Crippen molar-refractivity contribution < 1.29 is 19.4 Å². The number of carboxylic acid groups (broad SMARTS) is 1. The molecule has 2 heterocycles. The lowest BCUT2D eigenvalue weighted by Crippen LogP contribution is -2.12. The zero-order chi connectivity index (χ0) is 12.4. The molecule has 0 fully saturated rings. The number of aromatic carboxylic acids is 1. The molecule has 0 atom stereocenters. The van der Waals surface area contributed by atoms with E-state index in [4.69, 9.17) is 5.11 Å². The van der Waals surface area contributed by atoms with Gasteiger partial charge < -0.3 is 9.84 Å². The van der Waals surface area contributed by atoms with Gasteiger partial charge in [0.1, 0.15) is 11.5 Å². The second-order valence-corrected chi connectivity index (χ2v) is 3.21. The smallest absolute Gasteiger partial charge is 0.412 e. The number of pyridine rings is 1. The Labute approximate surface area is 95.6 Å². The first kappa shape index (κ1) is 10.9. The number of imidazole rings is 1. The zero-order valence-corrected chi connectivity index (χ0v) is 8.88. The SMILES string of the molecule is COC(=O)Nc1cnc2ccc(C(=O)O)cn12. The molecule has 17 heavy (non-hydrogen) atoms. The van der Waals surface area contributed by atoms with Gasteiger partial charge >= 0.3 is 12.1 Å². The van der Waals surface area contributed by atoms with Gasteiger partial charge in [0.25, 0.3) is 0 Å². The molecule has 7 nitrogen and oxygen atoms in total. The molecule has 0 aromatic carbocycles. The van der Waals surface area contributed by atoms with Crippen molar-refractivity contribution in [3.63, 3.8) is 0 Å². The molecule has 0 radical (unpaired) electrons. The van der Waals surface area contributed by atoms with Crippen LogP contribution in [0.25, 0.3) is 5.65 Å². The minimum Gasteiger partial charge on any atom is -0.478 e. The number of methoxy groups -OCH3 is 1. The number of nitrogens with zero attached hydrogens (tertiary/aromatic N) is 2. The molecule has 88 valence electrons. The number of hydrogen-bond donors (Lipinski definition) is 2. The van der Waals surface area contributed by atoms with Crippen LogP contribution in [0.2, 0.25) is 0 Å². The summed E-state index contributed by atoms with van der Waals surface area (Å²) in [5.41, 5.74) is 0.629. The van der Waals surface area contributed by atoms with Gasteiger partial charge in [-0.2, -0.15) is 0 Å². The predicted octanol–water partition coefficient (Wildman–Crippen LogP) is 1.21. The van der Waals surface area contributed by atoms with Crippen LogP contribution in [0.15, 0.2) is 24.5 Å². The molecule has 0 aliphatic heterocycles. The first-order valence-electron chi connectivity index (χ1n) is 4.67. The molecule has 2 aromatic heterocycles. The van der Waals surface area contributed by atoms with E-state index in [1.54, 1.807) is 6.07 Å². The lowest BCUT2D eigenvalue weighted by atomic mass is 10.3. The second kappa shape index (κ2) is 4.12. The zero-order valence-electron chi connectivity index (χ0n) is 8.88. The van der Waals surface area contributed by atoms with Crippen molar-refractivity contribution in [3.8, 4) is 0 Å². The maximum Gasteiger partial charge on any atom is 0.412 e. The number of carbonyl (C=O) groups is 2. The van der Waals surface area contributed by atoms with Gasteiger partial charge in [-0.25, -0.2) is 14.6 Å². The van der Waals surface area contributed by atoms with E-state index < -0.39 is 12.1 Å². The Morgan fingerprint density at radius 1 is 1.47 bits per heavy atom. The monoisotopic (exact) mass is 235 g/mol. The molecule has 0 saturated carbocycles. The van der Waals surface area contributed by atoms with Crippen LogP contribution in [0, 0.1) is 0 Å². The fourth-order valence-corrected chi connectivity index (χ4v) is 1.36. The van der Waals surface area contributed by atoms with Gasteiger partial charge in [0.05, 0.1) is 18.9 Å². The van der Waals surface area contributed by atoms with Crippen molar-refractivity contribution in [2.75, 3.05) is 12.4 Å². The van der Waals surface area contributed by atoms with Gasteiger partial charge in [0.15, 0.2) is 0 Å². The third-order valence-electron chi connectivity index (χ3n) is 2.17. The number of aromatic nitrogens is 2. The highest BCUT2D eigenvalue weighted by atomic mass is 16.5. The van der Waals surface area contributed by atoms with Gasteiger partial charge in [-0.15, -0.1) is 0 Å². The van der Waals surface area contributed by atoms with Crippen LogP contribution in [0.1, 0.15) is 10.4 Å². The molecule has 0 saturated heterocycles. The van der Waals surface area contributed by atoms with E-state index in [0.717, 1.165) is 0 Å². The van der Waals surface area contributed by atoms with E-state index in [0.29, 0.717) is 11.5 Å². The van der Waals surface area contributed by atoms with Crippen molar-refractivity contribution in [2.45, 2.75) is 0 Å². The molecule has 2 rings (SSSR count). The maximum atomic E-state index is 11.1. The molecular formula is C10H9N3O4. The van der Waals surface area contributed by atoms with Gasteiger partial charge in [-0.3, -0.25) is 9.72 Å². The summed E-state index contributed by atoms with van der Waals surface area (Å²) in [5.74, 6) is -0.709. The summed E-state index contributed by atoms with van der Waals surface area (Å²) in [4.78, 5) is 25.9. The maximum absolute atomic E-state index is 11.1. The van der Waals surface area contributed by atoms with Crippen LogP contribution in [0.5, 0.6) is 0 Å². The van der Waals surface area contributed by atoms with Gasteiger partial charge in [-0.05, 0) is 12.1 Å². The van der Waals surface area contributed by atoms with E-state index in [9.17, 15) is 9.59 Å². The Balaban J connectivity index is 2.46. The molecule has 0 aliphatic carbocycles. The Morgan fingerprint density at radius 3 is 2.88 bits per heavy atom. The van der Waals surface area contributed by atoms with Gasteiger partial charge in [-0.1, -0.05) is 0 Å². The molecule has 0 aliphatic rings. The van der Waals surface area contributed by atoms with Crippen LogP contribution in [0.3, 0.4) is 0 Å². The second-order valence-electron chi connectivity index (χ2n) is 3.21. The van der Waals surface area contributed by atoms with E-state index in [1.807, 2.05) is 0 Å². The van der Waals surface area contributed by atoms with E-state index >= 15 is 0 Å². The average molecular weight is 235 g/mol. The fraction of sp³-hybridized carbons (Fsp3) is 0.100. The topological polar surface area (TPSA) is 92.9 Å². The van der Waals surface area contributed by atoms with Gasteiger partial charge in [0.2, 0.25) is 0 Å². The number of nitrogens with one attached hydrogen (secondary N) is 1. The quantitative estimate of drug-likeness (QED) is 0.816. The summed E-state index contributed by atoms with van der Waals surface area (Å²) < 4.78 is 5.90. The predicted molar refractivity (Wildman–Crippen MR) is 58.2 cm³/mol. The number of ether oxygens (including phenoxy) is 1.